The summed E-state index contributed by atoms with van der Waals surface area (Å²) in [6, 6.07) is -0.604. The van der Waals surface area contributed by atoms with Crippen molar-refractivity contribution in [2.24, 2.45) is 5.73 Å². The number of rotatable bonds is 6. The minimum Gasteiger partial charge on any atom is -0.358 e. The topological polar surface area (TPSA) is 123 Å². The van der Waals surface area contributed by atoms with Crippen molar-refractivity contribution in [2.45, 2.75) is 18.4 Å². The molecule has 2 atom stereocenters. The highest BCUT2D eigenvalue weighted by Crippen LogP contribution is 2.03. The third-order valence-electron chi connectivity index (χ3n) is 2.38. The standard InChI is InChI=1S/C9H20N4O4S/c1-7(10)9(14)12-2-3-13-18(15,16)8-6-11-4-5-17-8/h7-8,11,13H,2-6,10H2,1H3,(H,12,14)/t7-,8?/m0/s1. The third kappa shape index (κ3) is 4.86. The third-order valence-corrected chi connectivity index (χ3v) is 3.98. The van der Waals surface area contributed by atoms with Crippen molar-refractivity contribution in [1.29, 1.82) is 0 Å². The SMILES string of the molecule is C[C@H](N)C(=O)NCCNS(=O)(=O)C1CNCCO1. The number of nitrogens with one attached hydrogen (secondary N) is 3. The highest BCUT2D eigenvalue weighted by Gasteiger charge is 2.27. The number of carbonyl (C=O) groups excluding carboxylic acids is 1. The molecule has 1 aliphatic heterocycles. The van der Waals surface area contributed by atoms with Gasteiger partial charge in [0, 0.05) is 26.2 Å². The Labute approximate surface area is 107 Å². The van der Waals surface area contributed by atoms with Crippen molar-refractivity contribution < 1.29 is 17.9 Å². The molecule has 1 rings (SSSR count). The minimum absolute atomic E-state index is 0.112. The van der Waals surface area contributed by atoms with Gasteiger partial charge in [0.05, 0.1) is 12.6 Å². The Morgan fingerprint density at radius 3 is 2.83 bits per heavy atom. The summed E-state index contributed by atoms with van der Waals surface area (Å²) < 4.78 is 31.0. The predicted octanol–water partition coefficient (Wildman–Crippen LogP) is -2.68. The first-order valence-electron chi connectivity index (χ1n) is 5.77. The molecule has 1 amide bonds. The molecule has 9 heteroatoms. The van der Waals surface area contributed by atoms with Crippen LogP contribution in [0.25, 0.3) is 0 Å². The van der Waals surface area contributed by atoms with E-state index in [-0.39, 0.29) is 25.5 Å². The first kappa shape index (κ1) is 15.3. The van der Waals surface area contributed by atoms with Gasteiger partial charge >= 0.3 is 0 Å². The fourth-order valence-corrected chi connectivity index (χ4v) is 2.56. The summed E-state index contributed by atoms with van der Waals surface area (Å²) in [6.45, 7) is 3.15. The van der Waals surface area contributed by atoms with Gasteiger partial charge in [-0.3, -0.25) is 4.79 Å². The summed E-state index contributed by atoms with van der Waals surface area (Å²) >= 11 is 0. The molecule has 0 radical (unpaired) electrons. The van der Waals surface area contributed by atoms with E-state index in [2.05, 4.69) is 15.4 Å². The minimum atomic E-state index is -3.52. The van der Waals surface area contributed by atoms with Crippen LogP contribution in [-0.2, 0) is 19.6 Å². The molecule has 1 heterocycles. The first-order valence-corrected chi connectivity index (χ1v) is 7.32. The van der Waals surface area contributed by atoms with E-state index in [0.29, 0.717) is 13.2 Å². The summed E-state index contributed by atoms with van der Waals surface area (Å²) in [4.78, 5) is 11.1. The summed E-state index contributed by atoms with van der Waals surface area (Å²) in [7, 11) is -3.52. The van der Waals surface area contributed by atoms with Crippen molar-refractivity contribution >= 4 is 15.9 Å². The van der Waals surface area contributed by atoms with Crippen LogP contribution in [0.1, 0.15) is 6.92 Å². The average molecular weight is 280 g/mol. The number of amides is 1. The zero-order chi connectivity index (χ0) is 13.6. The molecule has 0 saturated carbocycles. The first-order chi connectivity index (χ1) is 8.43. The van der Waals surface area contributed by atoms with Crippen LogP contribution in [0.3, 0.4) is 0 Å². The van der Waals surface area contributed by atoms with Crippen LogP contribution in [0.2, 0.25) is 0 Å². The smallest absolute Gasteiger partial charge is 0.240 e. The molecular weight excluding hydrogens is 260 g/mol. The summed E-state index contributed by atoms with van der Waals surface area (Å²) in [6.07, 6.45) is 0. The molecule has 106 valence electrons. The number of hydrogen-bond donors (Lipinski definition) is 4. The van der Waals surface area contributed by atoms with Crippen molar-refractivity contribution in [3.05, 3.63) is 0 Å². The molecule has 1 saturated heterocycles. The van der Waals surface area contributed by atoms with Gasteiger partial charge < -0.3 is 21.1 Å². The Morgan fingerprint density at radius 2 is 2.28 bits per heavy atom. The van der Waals surface area contributed by atoms with Crippen LogP contribution < -0.4 is 21.1 Å². The monoisotopic (exact) mass is 280 g/mol. The van der Waals surface area contributed by atoms with Crippen molar-refractivity contribution in [1.82, 2.24) is 15.4 Å². The number of ether oxygens (including phenoxy) is 1. The van der Waals surface area contributed by atoms with E-state index < -0.39 is 21.5 Å². The van der Waals surface area contributed by atoms with Crippen LogP contribution in [-0.4, -0.2) is 58.6 Å². The number of carbonyl (C=O) groups is 1. The van der Waals surface area contributed by atoms with Gasteiger partial charge in [0.25, 0.3) is 0 Å². The van der Waals surface area contributed by atoms with E-state index in [9.17, 15) is 13.2 Å². The molecule has 0 aromatic rings. The van der Waals surface area contributed by atoms with E-state index >= 15 is 0 Å². The summed E-state index contributed by atoms with van der Waals surface area (Å²) in [5.74, 6) is -0.315. The molecule has 0 spiro atoms. The molecule has 0 aromatic heterocycles. The van der Waals surface area contributed by atoms with Crippen LogP contribution in [0.5, 0.6) is 0 Å². The number of hydrogen-bond acceptors (Lipinski definition) is 6. The second kappa shape index (κ2) is 7.00. The van der Waals surface area contributed by atoms with Crippen molar-refractivity contribution in [3.8, 4) is 0 Å². The molecule has 18 heavy (non-hydrogen) atoms. The Kier molecular flexibility index (Phi) is 5.96. The molecule has 8 nitrogen and oxygen atoms in total. The normalized spacial score (nSPS) is 22.4. The quantitative estimate of drug-likeness (QED) is 0.393. The fraction of sp³-hybridized carbons (Fsp3) is 0.889. The number of nitrogens with two attached hydrogens (primary N) is 1. The van der Waals surface area contributed by atoms with Crippen molar-refractivity contribution in [3.63, 3.8) is 0 Å². The molecule has 0 bridgehead atoms. The zero-order valence-electron chi connectivity index (χ0n) is 10.3. The van der Waals surface area contributed by atoms with Gasteiger partial charge in [-0.15, -0.1) is 0 Å². The lowest BCUT2D eigenvalue weighted by Crippen LogP contribution is -2.49. The van der Waals surface area contributed by atoms with E-state index in [1.807, 2.05) is 0 Å². The van der Waals surface area contributed by atoms with Gasteiger partial charge in [-0.1, -0.05) is 0 Å². The molecule has 1 aliphatic rings. The van der Waals surface area contributed by atoms with Gasteiger partial charge in [-0.05, 0) is 6.92 Å². The molecular formula is C9H20N4O4S. The predicted molar refractivity (Wildman–Crippen MR) is 66.2 cm³/mol. The van der Waals surface area contributed by atoms with Gasteiger partial charge in [0.1, 0.15) is 0 Å². The molecule has 1 fully saturated rings. The van der Waals surface area contributed by atoms with Crippen LogP contribution in [0.15, 0.2) is 0 Å². The largest absolute Gasteiger partial charge is 0.358 e. The summed E-state index contributed by atoms with van der Waals surface area (Å²) in [5.41, 5.74) is 4.46. The lowest BCUT2D eigenvalue weighted by atomic mass is 10.3. The Balaban J connectivity index is 2.27. The van der Waals surface area contributed by atoms with Crippen molar-refractivity contribution in [2.75, 3.05) is 32.8 Å². The van der Waals surface area contributed by atoms with Gasteiger partial charge in [0.15, 0.2) is 5.44 Å². The molecule has 1 unspecified atom stereocenters. The lowest BCUT2D eigenvalue weighted by Gasteiger charge is -2.23. The molecule has 0 aliphatic carbocycles. The maximum atomic E-state index is 11.8. The fourth-order valence-electron chi connectivity index (χ4n) is 1.37. The number of morpholine rings is 1. The van der Waals surface area contributed by atoms with Crippen LogP contribution >= 0.6 is 0 Å². The maximum Gasteiger partial charge on any atom is 0.240 e. The van der Waals surface area contributed by atoms with E-state index in [1.165, 1.54) is 0 Å². The average Bonchev–Trinajstić information content (AvgIpc) is 2.35. The molecule has 0 aromatic carbocycles. The Morgan fingerprint density at radius 1 is 1.56 bits per heavy atom. The molecule has 5 N–H and O–H groups in total. The van der Waals surface area contributed by atoms with Crippen LogP contribution in [0, 0.1) is 0 Å². The van der Waals surface area contributed by atoms with E-state index in [0.717, 1.165) is 0 Å². The zero-order valence-corrected chi connectivity index (χ0v) is 11.1. The van der Waals surface area contributed by atoms with Crippen LogP contribution in [0.4, 0.5) is 0 Å². The van der Waals surface area contributed by atoms with E-state index in [4.69, 9.17) is 10.5 Å². The van der Waals surface area contributed by atoms with Gasteiger partial charge in [0.2, 0.25) is 15.9 Å². The lowest BCUT2D eigenvalue weighted by molar-refractivity contribution is -0.121. The second-order valence-corrected chi connectivity index (χ2v) is 5.93. The Hall–Kier alpha value is -0.740. The highest BCUT2D eigenvalue weighted by molar-refractivity contribution is 7.90. The Bertz CT molecular complexity index is 365. The van der Waals surface area contributed by atoms with E-state index in [1.54, 1.807) is 6.92 Å². The highest BCUT2D eigenvalue weighted by atomic mass is 32.2. The van der Waals surface area contributed by atoms with Gasteiger partial charge in [-0.25, -0.2) is 13.1 Å². The second-order valence-electron chi connectivity index (χ2n) is 4.02. The summed E-state index contributed by atoms with van der Waals surface area (Å²) in [5, 5.41) is 5.44. The maximum absolute atomic E-state index is 11.8. The number of sulfonamides is 1. The van der Waals surface area contributed by atoms with Gasteiger partial charge in [-0.2, -0.15) is 0 Å².